The number of para-hydroxylation sites is 2. The molecule has 0 aliphatic rings. The van der Waals surface area contributed by atoms with Crippen molar-refractivity contribution in [1.82, 2.24) is 15.0 Å². The molecule has 11 nitrogen and oxygen atoms in total. The zero-order valence-corrected chi connectivity index (χ0v) is 23.0. The molecule has 3 aromatic carbocycles. The number of amides is 1. The van der Waals surface area contributed by atoms with Crippen LogP contribution in [0.15, 0.2) is 91.1 Å². The maximum absolute atomic E-state index is 12.7. The zero-order valence-electron chi connectivity index (χ0n) is 22.1. The van der Waals surface area contributed by atoms with E-state index in [1.54, 1.807) is 85.1 Å². The zero-order chi connectivity index (χ0) is 28.8. The molecule has 5 rings (SSSR count). The normalized spacial score (nSPS) is 10.8. The smallest absolute Gasteiger partial charge is 0.230 e. The molecule has 41 heavy (non-hydrogen) atoms. The van der Waals surface area contributed by atoms with Crippen LogP contribution in [0.25, 0.3) is 11.0 Å². The molecule has 208 valence electrons. The minimum Gasteiger partial charge on any atom is -0.497 e. The Morgan fingerprint density at radius 3 is 2.20 bits per heavy atom. The average molecular weight is 571 g/mol. The fourth-order valence-electron chi connectivity index (χ4n) is 4.12. The molecule has 0 radical (unpaired) electrons. The van der Waals surface area contributed by atoms with Gasteiger partial charge in [0.2, 0.25) is 16.8 Å². The third-order valence-corrected chi connectivity index (χ3v) is 6.72. The molecule has 0 atom stereocenters. The van der Waals surface area contributed by atoms with Gasteiger partial charge in [0.1, 0.15) is 11.5 Å². The number of benzene rings is 3. The predicted molar refractivity (Wildman–Crippen MR) is 158 cm³/mol. The number of anilines is 5. The van der Waals surface area contributed by atoms with Gasteiger partial charge >= 0.3 is 0 Å². The van der Waals surface area contributed by atoms with Crippen molar-refractivity contribution in [3.05, 3.63) is 96.8 Å². The summed E-state index contributed by atoms with van der Waals surface area (Å²) in [5, 5.41) is 5.98. The average Bonchev–Trinajstić information content (AvgIpc) is 2.97. The number of hydrogen-bond acceptors (Lipinski definition) is 9. The van der Waals surface area contributed by atoms with Gasteiger partial charge in [-0.05, 0) is 42.5 Å². The van der Waals surface area contributed by atoms with Crippen LogP contribution in [0.3, 0.4) is 0 Å². The lowest BCUT2D eigenvalue weighted by atomic mass is 10.2. The molecule has 0 saturated heterocycles. The summed E-state index contributed by atoms with van der Waals surface area (Å²) in [6, 6.07) is 24.1. The van der Waals surface area contributed by atoms with Crippen molar-refractivity contribution < 1.29 is 22.7 Å². The summed E-state index contributed by atoms with van der Waals surface area (Å²) in [6.45, 7) is 0. The summed E-state index contributed by atoms with van der Waals surface area (Å²) < 4.78 is 37.3. The van der Waals surface area contributed by atoms with E-state index in [-0.39, 0.29) is 29.7 Å². The van der Waals surface area contributed by atoms with Crippen molar-refractivity contribution in [2.24, 2.45) is 0 Å². The molecule has 12 heteroatoms. The minimum atomic E-state index is -3.24. The van der Waals surface area contributed by atoms with E-state index in [0.717, 1.165) is 4.31 Å². The number of nitrogens with one attached hydrogen (secondary N) is 2. The number of carbonyl (C=O) groups excluding carboxylic acids is 1. The second-order valence-corrected chi connectivity index (χ2v) is 9.63. The SMILES string of the molecule is COc1cc(Nc2nc3ccccc3nc2N(c2cccc(NC(=O)Cc3ccccn3)c2)[SH](=O)=O)cc(OC)c1. The molecule has 1 amide bonds. The van der Waals surface area contributed by atoms with Gasteiger partial charge in [-0.25, -0.2) is 22.7 Å². The first kappa shape index (κ1) is 27.3. The fourth-order valence-corrected chi connectivity index (χ4v) is 4.73. The monoisotopic (exact) mass is 570 g/mol. The van der Waals surface area contributed by atoms with Gasteiger partial charge in [-0.1, -0.05) is 24.3 Å². The Morgan fingerprint density at radius 2 is 1.54 bits per heavy atom. The first-order valence-corrected chi connectivity index (χ1v) is 13.6. The van der Waals surface area contributed by atoms with E-state index in [0.29, 0.717) is 39.6 Å². The van der Waals surface area contributed by atoms with Crippen molar-refractivity contribution in [2.75, 3.05) is 29.2 Å². The highest BCUT2D eigenvalue weighted by molar-refractivity contribution is 7.74. The Kier molecular flexibility index (Phi) is 8.20. The van der Waals surface area contributed by atoms with E-state index >= 15 is 0 Å². The van der Waals surface area contributed by atoms with Gasteiger partial charge in [-0.15, -0.1) is 0 Å². The molecule has 0 aliphatic carbocycles. The Morgan fingerprint density at radius 1 is 0.829 bits per heavy atom. The summed E-state index contributed by atoms with van der Waals surface area (Å²) in [7, 11) is -0.168. The Bertz CT molecular complexity index is 1750. The summed E-state index contributed by atoms with van der Waals surface area (Å²) in [4.78, 5) is 26.2. The van der Waals surface area contributed by atoms with Crippen molar-refractivity contribution in [3.8, 4) is 11.5 Å². The van der Waals surface area contributed by atoms with E-state index in [2.05, 4.69) is 25.6 Å². The number of ether oxygens (including phenoxy) is 2. The van der Waals surface area contributed by atoms with Crippen LogP contribution in [0.1, 0.15) is 5.69 Å². The van der Waals surface area contributed by atoms with Crippen LogP contribution in [0, 0.1) is 0 Å². The fraction of sp³-hybridized carbons (Fsp3) is 0.103. The Hall–Kier alpha value is -5.23. The quantitative estimate of drug-likeness (QED) is 0.205. The molecule has 0 saturated carbocycles. The standard InChI is InChI=1S/C29H26N6O5S/c1-39-23-15-21(16-24(18-23)40-2)32-28-29(34-26-12-4-3-11-25(26)33-28)35(41(37)38)22-10-7-9-20(14-22)31-27(36)17-19-8-5-6-13-30-19/h3-16,18,41H,17H2,1-2H3,(H,31,36)(H,32,33). The Labute approximate surface area is 237 Å². The van der Waals surface area contributed by atoms with Gasteiger partial charge in [0.25, 0.3) is 0 Å². The summed E-state index contributed by atoms with van der Waals surface area (Å²) in [6.07, 6.45) is 1.68. The van der Waals surface area contributed by atoms with Gasteiger partial charge in [0.15, 0.2) is 11.6 Å². The van der Waals surface area contributed by atoms with Crippen molar-refractivity contribution in [2.45, 2.75) is 6.42 Å². The van der Waals surface area contributed by atoms with E-state index in [4.69, 9.17) is 9.47 Å². The van der Waals surface area contributed by atoms with E-state index in [9.17, 15) is 13.2 Å². The lowest BCUT2D eigenvalue weighted by Crippen LogP contribution is -2.19. The highest BCUT2D eigenvalue weighted by atomic mass is 32.2. The van der Waals surface area contributed by atoms with Crippen LogP contribution < -0.4 is 24.4 Å². The maximum Gasteiger partial charge on any atom is 0.230 e. The molecule has 2 aromatic heterocycles. The van der Waals surface area contributed by atoms with E-state index in [1.165, 1.54) is 14.2 Å². The van der Waals surface area contributed by atoms with Gasteiger partial charge in [0.05, 0.1) is 37.4 Å². The molecule has 0 unspecified atom stereocenters. The van der Waals surface area contributed by atoms with Gasteiger partial charge in [-0.3, -0.25) is 9.78 Å². The summed E-state index contributed by atoms with van der Waals surface area (Å²) in [5.41, 5.74) is 2.88. The van der Waals surface area contributed by atoms with E-state index in [1.807, 2.05) is 6.07 Å². The molecule has 0 bridgehead atoms. The molecule has 2 N–H and O–H groups in total. The van der Waals surface area contributed by atoms with Crippen LogP contribution in [-0.4, -0.2) is 43.5 Å². The predicted octanol–water partition coefficient (Wildman–Crippen LogP) is 4.63. The molecule has 0 fully saturated rings. The van der Waals surface area contributed by atoms with Crippen molar-refractivity contribution in [1.29, 1.82) is 0 Å². The molecule has 0 aliphatic heterocycles. The number of pyridine rings is 1. The third-order valence-electron chi connectivity index (χ3n) is 5.97. The number of rotatable bonds is 10. The van der Waals surface area contributed by atoms with Crippen LogP contribution >= 0.6 is 0 Å². The first-order valence-electron chi connectivity index (χ1n) is 12.4. The Balaban J connectivity index is 1.54. The molecular formula is C29H26N6O5S. The van der Waals surface area contributed by atoms with Gasteiger partial charge in [-0.2, -0.15) is 0 Å². The number of fused-ring (bicyclic) bond motifs is 1. The van der Waals surface area contributed by atoms with Crippen molar-refractivity contribution in [3.63, 3.8) is 0 Å². The second kappa shape index (κ2) is 12.3. The van der Waals surface area contributed by atoms with E-state index < -0.39 is 10.9 Å². The number of hydrogen-bond donors (Lipinski definition) is 3. The topological polar surface area (TPSA) is 136 Å². The highest BCUT2D eigenvalue weighted by Crippen LogP contribution is 2.35. The number of thiol groups is 1. The summed E-state index contributed by atoms with van der Waals surface area (Å²) in [5.74, 6) is 0.992. The van der Waals surface area contributed by atoms with Crippen LogP contribution in [0.2, 0.25) is 0 Å². The minimum absolute atomic E-state index is 0.0403. The lowest BCUT2D eigenvalue weighted by molar-refractivity contribution is -0.115. The number of nitrogens with zero attached hydrogens (tertiary/aromatic N) is 4. The van der Waals surface area contributed by atoms with Crippen LogP contribution in [0.4, 0.5) is 28.7 Å². The van der Waals surface area contributed by atoms with Crippen molar-refractivity contribution >= 4 is 56.5 Å². The number of aromatic nitrogens is 3. The molecular weight excluding hydrogens is 544 g/mol. The molecule has 0 spiro atoms. The number of carbonyl (C=O) groups is 1. The van der Waals surface area contributed by atoms with Gasteiger partial charge in [0, 0.05) is 41.5 Å². The maximum atomic E-state index is 12.7. The highest BCUT2D eigenvalue weighted by Gasteiger charge is 2.21. The second-order valence-electron chi connectivity index (χ2n) is 8.76. The molecule has 2 heterocycles. The third kappa shape index (κ3) is 6.50. The summed E-state index contributed by atoms with van der Waals surface area (Å²) >= 11 is 0. The largest absolute Gasteiger partial charge is 0.497 e. The van der Waals surface area contributed by atoms with Crippen LogP contribution in [0.5, 0.6) is 11.5 Å². The van der Waals surface area contributed by atoms with Crippen LogP contribution in [-0.2, 0) is 22.1 Å². The molecule has 5 aromatic rings. The number of methoxy groups -OCH3 is 2. The van der Waals surface area contributed by atoms with Gasteiger partial charge < -0.3 is 20.1 Å². The lowest BCUT2D eigenvalue weighted by Gasteiger charge is -2.21. The first-order chi connectivity index (χ1) is 19.9.